The van der Waals surface area contributed by atoms with Gasteiger partial charge in [-0.3, -0.25) is 0 Å². The maximum atomic E-state index is 8.56. The van der Waals surface area contributed by atoms with Crippen LogP contribution < -0.4 is 0 Å². The van der Waals surface area contributed by atoms with E-state index in [0.717, 1.165) is 12.8 Å². The molecule has 0 bridgehead atoms. The van der Waals surface area contributed by atoms with Crippen LogP contribution in [0.2, 0.25) is 0 Å². The molecule has 1 unspecified atom stereocenters. The van der Waals surface area contributed by atoms with Gasteiger partial charge in [-0.1, -0.05) is 32.0 Å². The van der Waals surface area contributed by atoms with Gasteiger partial charge in [-0.2, -0.15) is 0 Å². The van der Waals surface area contributed by atoms with Gasteiger partial charge in [0.05, 0.1) is 6.61 Å². The second kappa shape index (κ2) is 6.81. The normalized spacial score (nSPS) is 13.7. The lowest BCUT2D eigenvalue weighted by Crippen LogP contribution is -1.85. The Balaban J connectivity index is 2.75. The van der Waals surface area contributed by atoms with Crippen LogP contribution in [0.1, 0.15) is 26.2 Å². The maximum absolute atomic E-state index is 8.56. The third-order valence-corrected chi connectivity index (χ3v) is 1.71. The molecular weight excluding hydrogens is 155 g/mol. The molecule has 4 heteroatoms. The molecule has 0 aromatic heterocycles. The molecule has 56 valence electrons. The molecule has 0 aliphatic rings. The zero-order valence-electron chi connectivity index (χ0n) is 5.58. The average molecular weight is 168 g/mol. The minimum atomic E-state index is -1.42. The summed E-state index contributed by atoms with van der Waals surface area (Å²) >= 11 is 3.70. The molecule has 0 aliphatic carbocycles. The fourth-order valence-electron chi connectivity index (χ4n) is 0.498. The molecule has 9 heavy (non-hydrogen) atoms. The van der Waals surface area contributed by atoms with E-state index in [2.05, 4.69) is 19.2 Å². The number of unbranched alkanes of at least 4 members (excludes halogenated alkanes) is 2. The summed E-state index contributed by atoms with van der Waals surface area (Å²) in [6, 6.07) is 0. The third kappa shape index (κ3) is 8.70. The van der Waals surface area contributed by atoms with E-state index in [1.165, 1.54) is 6.42 Å². The number of hydrogen-bond donors (Lipinski definition) is 2. The fourth-order valence-corrected chi connectivity index (χ4v) is 1.04. The van der Waals surface area contributed by atoms with Crippen molar-refractivity contribution in [1.29, 1.82) is 0 Å². The maximum Gasteiger partial charge on any atom is 0.232 e. The molecule has 0 aromatic rings. The summed E-state index contributed by atoms with van der Waals surface area (Å²) in [5, 5.41) is 0. The van der Waals surface area contributed by atoms with E-state index in [1.54, 1.807) is 0 Å². The predicted octanol–water partition coefficient (Wildman–Crippen LogP) is 2.34. The van der Waals surface area contributed by atoms with Gasteiger partial charge in [0, 0.05) is 0 Å². The highest BCUT2D eigenvalue weighted by molar-refractivity contribution is 8.41. The Morgan fingerprint density at radius 3 is 2.67 bits per heavy atom. The first-order valence-corrected chi connectivity index (χ1v) is 5.44. The highest BCUT2D eigenvalue weighted by Gasteiger charge is 1.94. The van der Waals surface area contributed by atoms with Crippen LogP contribution in [-0.2, 0) is 4.52 Å². The first kappa shape index (κ1) is 9.70. The first-order valence-electron chi connectivity index (χ1n) is 3.08. The van der Waals surface area contributed by atoms with Crippen molar-refractivity contribution in [2.45, 2.75) is 26.2 Å². The van der Waals surface area contributed by atoms with Gasteiger partial charge in [0.25, 0.3) is 0 Å². The van der Waals surface area contributed by atoms with Gasteiger partial charge in [0.2, 0.25) is 7.58 Å². The quantitative estimate of drug-likeness (QED) is 0.375. The van der Waals surface area contributed by atoms with Crippen molar-refractivity contribution in [3.63, 3.8) is 0 Å². The Hall–Kier alpha value is 0.700. The lowest BCUT2D eigenvalue weighted by Gasteiger charge is -2.02. The van der Waals surface area contributed by atoms with E-state index in [4.69, 9.17) is 9.42 Å². The van der Waals surface area contributed by atoms with E-state index in [9.17, 15) is 0 Å². The molecule has 0 rings (SSSR count). The molecule has 0 saturated carbocycles. The standard InChI is InChI=1S/C5H13O2PS/c1-2-3-4-5-7-8(6)9/h6,9H,2-5H2,1H3. The highest BCUT2D eigenvalue weighted by atomic mass is 32.7. The molecule has 0 amide bonds. The van der Waals surface area contributed by atoms with Crippen molar-refractivity contribution in [2.24, 2.45) is 0 Å². The van der Waals surface area contributed by atoms with Gasteiger partial charge in [-0.25, -0.2) is 0 Å². The number of thiol groups is 1. The van der Waals surface area contributed by atoms with Crippen LogP contribution in [0.15, 0.2) is 0 Å². The largest absolute Gasteiger partial charge is 0.342 e. The van der Waals surface area contributed by atoms with E-state index in [-0.39, 0.29) is 0 Å². The molecule has 0 saturated heterocycles. The molecule has 0 fully saturated rings. The highest BCUT2D eigenvalue weighted by Crippen LogP contribution is 2.35. The topological polar surface area (TPSA) is 29.5 Å². The van der Waals surface area contributed by atoms with Crippen LogP contribution in [-0.4, -0.2) is 11.5 Å². The van der Waals surface area contributed by atoms with Gasteiger partial charge in [0.1, 0.15) is 0 Å². The Bertz CT molecular complexity index is 60.9. The Morgan fingerprint density at radius 1 is 1.56 bits per heavy atom. The van der Waals surface area contributed by atoms with Gasteiger partial charge in [-0.15, -0.1) is 0 Å². The summed E-state index contributed by atoms with van der Waals surface area (Å²) in [4.78, 5) is 8.56. The van der Waals surface area contributed by atoms with Crippen LogP contribution in [0.4, 0.5) is 0 Å². The Morgan fingerprint density at radius 2 is 2.22 bits per heavy atom. The van der Waals surface area contributed by atoms with Crippen molar-refractivity contribution in [3.05, 3.63) is 0 Å². The lowest BCUT2D eigenvalue weighted by atomic mass is 10.3. The number of hydrogen-bond acceptors (Lipinski definition) is 3. The van der Waals surface area contributed by atoms with Crippen LogP contribution in [0.3, 0.4) is 0 Å². The fraction of sp³-hybridized carbons (Fsp3) is 1.00. The van der Waals surface area contributed by atoms with Crippen LogP contribution >= 0.6 is 19.8 Å². The van der Waals surface area contributed by atoms with Crippen LogP contribution in [0.5, 0.6) is 0 Å². The summed E-state index contributed by atoms with van der Waals surface area (Å²) in [5.74, 6) is 0. The Kier molecular flexibility index (Phi) is 7.34. The summed E-state index contributed by atoms with van der Waals surface area (Å²) in [6.45, 7) is 2.77. The van der Waals surface area contributed by atoms with Crippen molar-refractivity contribution < 1.29 is 9.42 Å². The lowest BCUT2D eigenvalue weighted by molar-refractivity contribution is 0.311. The molecule has 0 spiro atoms. The molecular formula is C5H13O2PS. The smallest absolute Gasteiger partial charge is 0.232 e. The minimum absolute atomic E-state index is 0.638. The van der Waals surface area contributed by atoms with Gasteiger partial charge < -0.3 is 9.42 Å². The van der Waals surface area contributed by atoms with Crippen molar-refractivity contribution in [2.75, 3.05) is 6.61 Å². The minimum Gasteiger partial charge on any atom is -0.342 e. The van der Waals surface area contributed by atoms with Gasteiger partial charge >= 0.3 is 0 Å². The van der Waals surface area contributed by atoms with E-state index in [1.807, 2.05) is 0 Å². The van der Waals surface area contributed by atoms with E-state index in [0.29, 0.717) is 6.61 Å². The number of rotatable bonds is 5. The summed E-state index contributed by atoms with van der Waals surface area (Å²) in [6.07, 6.45) is 3.37. The monoisotopic (exact) mass is 168 g/mol. The summed E-state index contributed by atoms with van der Waals surface area (Å²) < 4.78 is 4.83. The average Bonchev–Trinajstić information content (AvgIpc) is 1.80. The van der Waals surface area contributed by atoms with Crippen molar-refractivity contribution >= 4 is 19.8 Å². The zero-order chi connectivity index (χ0) is 7.11. The van der Waals surface area contributed by atoms with Crippen LogP contribution in [0.25, 0.3) is 0 Å². The second-order valence-corrected chi connectivity index (χ2v) is 3.58. The molecule has 1 atom stereocenters. The molecule has 1 N–H and O–H groups in total. The van der Waals surface area contributed by atoms with Gasteiger partial charge in [-0.05, 0) is 6.42 Å². The second-order valence-electron chi connectivity index (χ2n) is 1.79. The molecule has 0 aliphatic heterocycles. The summed E-state index contributed by atoms with van der Waals surface area (Å²) in [5.41, 5.74) is 0. The SMILES string of the molecule is CCCCCOP(O)S. The third-order valence-electron chi connectivity index (χ3n) is 0.955. The van der Waals surface area contributed by atoms with E-state index >= 15 is 0 Å². The molecule has 0 radical (unpaired) electrons. The summed E-state index contributed by atoms with van der Waals surface area (Å²) in [7, 11) is -1.42. The van der Waals surface area contributed by atoms with E-state index < -0.39 is 7.58 Å². The molecule has 0 aromatic carbocycles. The van der Waals surface area contributed by atoms with Crippen molar-refractivity contribution in [3.8, 4) is 0 Å². The molecule has 2 nitrogen and oxygen atoms in total. The predicted molar refractivity (Wildman–Crippen MR) is 43.6 cm³/mol. The van der Waals surface area contributed by atoms with Crippen LogP contribution in [0, 0.1) is 0 Å². The van der Waals surface area contributed by atoms with Crippen molar-refractivity contribution in [1.82, 2.24) is 0 Å². The zero-order valence-corrected chi connectivity index (χ0v) is 7.37. The van der Waals surface area contributed by atoms with Gasteiger partial charge in [0.15, 0.2) is 0 Å². The Labute approximate surface area is 62.7 Å². The molecule has 0 heterocycles. The first-order chi connectivity index (χ1) is 4.27.